The third-order valence-corrected chi connectivity index (χ3v) is 12.0. The van der Waals surface area contributed by atoms with Crippen molar-refractivity contribution < 1.29 is 24.5 Å². The molecule has 0 aromatic heterocycles. The maximum absolute atomic E-state index is 12.9. The highest BCUT2D eigenvalue weighted by Gasteiger charge is 2.63. The number of rotatable bonds is 7. The molecule has 4 aliphatic rings. The van der Waals surface area contributed by atoms with Crippen LogP contribution >= 0.6 is 0 Å². The van der Waals surface area contributed by atoms with Crippen molar-refractivity contribution in [2.24, 2.45) is 46.3 Å². The lowest BCUT2D eigenvalue weighted by Crippen LogP contribution is -2.58. The number of fused-ring (bicyclic) bond motifs is 5. The number of aliphatic hydroxyl groups is 2. The van der Waals surface area contributed by atoms with E-state index in [-0.39, 0.29) is 28.9 Å². The Kier molecular flexibility index (Phi) is 7.78. The highest BCUT2D eigenvalue weighted by Crippen LogP contribution is 2.68. The molecular formula is C32H49NO5. The molecule has 4 saturated carbocycles. The summed E-state index contributed by atoms with van der Waals surface area (Å²) in [5.41, 5.74) is 0.842. The first-order valence-corrected chi connectivity index (χ1v) is 15.0. The number of ether oxygens (including phenoxy) is 2. The van der Waals surface area contributed by atoms with Gasteiger partial charge >= 0.3 is 0 Å². The van der Waals surface area contributed by atoms with E-state index in [1.165, 1.54) is 19.3 Å². The van der Waals surface area contributed by atoms with Crippen LogP contribution in [0, 0.1) is 46.3 Å². The van der Waals surface area contributed by atoms with Gasteiger partial charge < -0.3 is 25.0 Å². The van der Waals surface area contributed by atoms with Crippen molar-refractivity contribution >= 4 is 11.6 Å². The van der Waals surface area contributed by atoms with Gasteiger partial charge in [0.1, 0.15) is 11.5 Å². The minimum Gasteiger partial charge on any atom is -0.497 e. The zero-order valence-corrected chi connectivity index (χ0v) is 24.0. The largest absolute Gasteiger partial charge is 0.497 e. The molecule has 6 nitrogen and oxygen atoms in total. The van der Waals surface area contributed by atoms with Crippen LogP contribution in [0.4, 0.5) is 5.69 Å². The molecule has 6 heteroatoms. The summed E-state index contributed by atoms with van der Waals surface area (Å²) < 4.78 is 10.7. The van der Waals surface area contributed by atoms with Crippen molar-refractivity contribution in [3.63, 3.8) is 0 Å². The average molecular weight is 528 g/mol. The summed E-state index contributed by atoms with van der Waals surface area (Å²) in [5, 5.41) is 25.1. The second kappa shape index (κ2) is 10.6. The Morgan fingerprint density at radius 1 is 1.05 bits per heavy atom. The fraction of sp³-hybridized carbons (Fsp3) is 0.781. The van der Waals surface area contributed by atoms with Crippen LogP contribution in [-0.4, -0.2) is 42.5 Å². The van der Waals surface area contributed by atoms with Crippen LogP contribution in [0.15, 0.2) is 18.2 Å². The van der Waals surface area contributed by atoms with E-state index in [9.17, 15) is 15.0 Å². The predicted molar refractivity (Wildman–Crippen MR) is 149 cm³/mol. The van der Waals surface area contributed by atoms with Gasteiger partial charge in [0, 0.05) is 12.5 Å². The molecule has 4 fully saturated rings. The number of nitrogens with one attached hydrogen (secondary N) is 1. The van der Waals surface area contributed by atoms with E-state index in [2.05, 4.69) is 26.1 Å². The van der Waals surface area contributed by atoms with Crippen LogP contribution in [0.2, 0.25) is 0 Å². The van der Waals surface area contributed by atoms with E-state index in [0.29, 0.717) is 59.1 Å². The van der Waals surface area contributed by atoms with Crippen LogP contribution in [0.1, 0.15) is 85.0 Å². The van der Waals surface area contributed by atoms with Gasteiger partial charge in [0.05, 0.1) is 32.1 Å². The summed E-state index contributed by atoms with van der Waals surface area (Å²) in [5.74, 6) is 4.50. The Morgan fingerprint density at radius 2 is 1.84 bits per heavy atom. The summed E-state index contributed by atoms with van der Waals surface area (Å²) in [6.45, 7) is 7.13. The first kappa shape index (κ1) is 27.8. The Bertz CT molecular complexity index is 1010. The van der Waals surface area contributed by atoms with Crippen molar-refractivity contribution in [2.45, 2.75) is 97.2 Å². The van der Waals surface area contributed by atoms with Crippen LogP contribution in [-0.2, 0) is 4.79 Å². The molecule has 0 radical (unpaired) electrons. The van der Waals surface area contributed by atoms with Crippen molar-refractivity contribution in [3.8, 4) is 11.5 Å². The highest BCUT2D eigenvalue weighted by molar-refractivity contribution is 5.92. The van der Waals surface area contributed by atoms with E-state index < -0.39 is 0 Å². The minimum absolute atomic E-state index is 0.00462. The number of benzene rings is 1. The van der Waals surface area contributed by atoms with E-state index in [1.54, 1.807) is 20.3 Å². The van der Waals surface area contributed by atoms with Crippen molar-refractivity contribution in [1.29, 1.82) is 0 Å². The lowest BCUT2D eigenvalue weighted by atomic mass is 9.43. The average Bonchev–Trinajstić information content (AvgIpc) is 3.27. The zero-order valence-electron chi connectivity index (χ0n) is 24.0. The standard InChI is InChI=1S/C32H49NO5/c1-19(6-13-30(36)33-27-12-8-22(37-4)17-28(27)38-5)24-10-11-25-23-9-7-20-16-21(34)14-15-31(20,2)26(23)18-29(35)32(24,25)3/h8,12,17,19-21,23-26,29,34-35H,6-7,9-11,13-16,18H2,1-5H3,(H,33,36). The van der Waals surface area contributed by atoms with Gasteiger partial charge in [0.25, 0.3) is 0 Å². The van der Waals surface area contributed by atoms with E-state index in [1.807, 2.05) is 12.1 Å². The molecule has 1 aromatic rings. The molecule has 10 unspecified atom stereocenters. The fourth-order valence-corrected chi connectivity index (χ4v) is 9.83. The van der Waals surface area contributed by atoms with Crippen LogP contribution in [0.3, 0.4) is 0 Å². The topological polar surface area (TPSA) is 88.0 Å². The van der Waals surface area contributed by atoms with Crippen molar-refractivity contribution in [2.75, 3.05) is 19.5 Å². The van der Waals surface area contributed by atoms with Crippen LogP contribution < -0.4 is 14.8 Å². The van der Waals surface area contributed by atoms with Gasteiger partial charge in [-0.1, -0.05) is 20.8 Å². The van der Waals surface area contributed by atoms with E-state index in [0.717, 1.165) is 38.5 Å². The quantitative estimate of drug-likeness (QED) is 0.402. The smallest absolute Gasteiger partial charge is 0.224 e. The third-order valence-electron chi connectivity index (χ3n) is 12.0. The molecule has 0 spiro atoms. The normalized spacial score (nSPS) is 40.9. The van der Waals surface area contributed by atoms with Gasteiger partial charge in [0.15, 0.2) is 0 Å². The number of hydrogen-bond acceptors (Lipinski definition) is 5. The summed E-state index contributed by atoms with van der Waals surface area (Å²) in [6.07, 6.45) is 9.54. The summed E-state index contributed by atoms with van der Waals surface area (Å²) in [7, 11) is 3.20. The van der Waals surface area contributed by atoms with Gasteiger partial charge in [-0.3, -0.25) is 4.79 Å². The Balaban J connectivity index is 1.23. The first-order chi connectivity index (χ1) is 18.1. The second-order valence-electron chi connectivity index (χ2n) is 13.5. The summed E-state index contributed by atoms with van der Waals surface area (Å²) >= 11 is 0. The molecule has 212 valence electrons. The van der Waals surface area contributed by atoms with Gasteiger partial charge in [-0.05, 0) is 116 Å². The highest BCUT2D eigenvalue weighted by atomic mass is 16.5. The molecule has 4 aliphatic carbocycles. The molecular weight excluding hydrogens is 478 g/mol. The molecule has 0 heterocycles. The minimum atomic E-state index is -0.288. The maximum Gasteiger partial charge on any atom is 0.224 e. The Morgan fingerprint density at radius 3 is 2.58 bits per heavy atom. The number of hydrogen-bond donors (Lipinski definition) is 3. The summed E-state index contributed by atoms with van der Waals surface area (Å²) in [4.78, 5) is 12.9. The Labute approximate surface area is 228 Å². The number of amides is 1. The molecule has 0 saturated heterocycles. The van der Waals surface area contributed by atoms with Crippen LogP contribution in [0.5, 0.6) is 11.5 Å². The monoisotopic (exact) mass is 527 g/mol. The molecule has 10 atom stereocenters. The molecule has 0 aliphatic heterocycles. The van der Waals surface area contributed by atoms with Crippen LogP contribution in [0.25, 0.3) is 0 Å². The SMILES string of the molecule is COc1ccc(NC(=O)CCC(C)C2CCC3C4CCC5CC(O)CCC5(C)C4CC(O)C23C)c(OC)c1. The number of carbonyl (C=O) groups excluding carboxylic acids is 1. The molecule has 3 N–H and O–H groups in total. The lowest BCUT2D eigenvalue weighted by Gasteiger charge is -2.62. The van der Waals surface area contributed by atoms with Crippen molar-refractivity contribution in [1.82, 2.24) is 0 Å². The predicted octanol–water partition coefficient (Wildman–Crippen LogP) is 6.05. The third kappa shape index (κ3) is 4.64. The first-order valence-electron chi connectivity index (χ1n) is 15.0. The second-order valence-corrected chi connectivity index (χ2v) is 13.5. The molecule has 5 rings (SSSR count). The molecule has 1 aromatic carbocycles. The fourth-order valence-electron chi connectivity index (χ4n) is 9.83. The molecule has 1 amide bonds. The lowest BCUT2D eigenvalue weighted by molar-refractivity contribution is -0.174. The maximum atomic E-state index is 12.9. The number of carbonyl (C=O) groups is 1. The zero-order chi connectivity index (χ0) is 27.2. The van der Waals surface area contributed by atoms with Crippen molar-refractivity contribution in [3.05, 3.63) is 18.2 Å². The van der Waals surface area contributed by atoms with Gasteiger partial charge in [-0.2, -0.15) is 0 Å². The van der Waals surface area contributed by atoms with E-state index in [4.69, 9.17) is 9.47 Å². The molecule has 38 heavy (non-hydrogen) atoms. The Hall–Kier alpha value is -1.79. The number of methoxy groups -OCH3 is 2. The number of anilines is 1. The van der Waals surface area contributed by atoms with Gasteiger partial charge in [0.2, 0.25) is 5.91 Å². The number of aliphatic hydroxyl groups excluding tert-OH is 2. The van der Waals surface area contributed by atoms with Gasteiger partial charge in [-0.25, -0.2) is 0 Å². The van der Waals surface area contributed by atoms with Gasteiger partial charge in [-0.15, -0.1) is 0 Å². The van der Waals surface area contributed by atoms with E-state index >= 15 is 0 Å². The molecule has 0 bridgehead atoms. The summed E-state index contributed by atoms with van der Waals surface area (Å²) in [6, 6.07) is 5.42.